The monoisotopic (exact) mass is 402 g/mol. The number of pyridine rings is 1. The highest BCUT2D eigenvalue weighted by Crippen LogP contribution is 2.34. The lowest BCUT2D eigenvalue weighted by Crippen LogP contribution is -2.16. The first-order valence-electron chi connectivity index (χ1n) is 7.86. The van der Waals surface area contributed by atoms with Crippen LogP contribution in [-0.2, 0) is 11.3 Å². The Balaban J connectivity index is 2.01. The standard InChI is InChI=1S/C18H19BrN4O2/c1-18(2,3)10-23-14-8-6-12(15(19)16(14)21-22-23)11-5-7-13(20-9-11)17(24)25-4/h5-9H,10H2,1-4H3. The number of halogens is 1. The predicted octanol–water partition coefficient (Wildman–Crippen LogP) is 4.09. The third-order valence-corrected chi connectivity index (χ3v) is 4.52. The number of hydrogen-bond acceptors (Lipinski definition) is 5. The lowest BCUT2D eigenvalue weighted by molar-refractivity contribution is 0.0594. The average Bonchev–Trinajstić information content (AvgIpc) is 2.97. The van der Waals surface area contributed by atoms with Gasteiger partial charge in [0.25, 0.3) is 0 Å². The van der Waals surface area contributed by atoms with Crippen molar-refractivity contribution in [3.8, 4) is 11.1 Å². The molecule has 0 spiro atoms. The molecule has 0 N–H and O–H groups in total. The zero-order valence-corrected chi connectivity index (χ0v) is 16.2. The molecule has 0 saturated carbocycles. The molecular formula is C18H19BrN4O2. The molecule has 3 aromatic rings. The number of benzene rings is 1. The lowest BCUT2D eigenvalue weighted by atomic mass is 9.97. The Bertz CT molecular complexity index is 927. The molecule has 0 aliphatic carbocycles. The Morgan fingerprint density at radius 2 is 2.00 bits per heavy atom. The molecule has 25 heavy (non-hydrogen) atoms. The van der Waals surface area contributed by atoms with Crippen LogP contribution in [0.2, 0.25) is 0 Å². The zero-order valence-electron chi connectivity index (χ0n) is 14.6. The number of nitrogens with zero attached hydrogens (tertiary/aromatic N) is 4. The van der Waals surface area contributed by atoms with E-state index in [0.29, 0.717) is 0 Å². The molecule has 1 aromatic carbocycles. The number of fused-ring (bicyclic) bond motifs is 1. The van der Waals surface area contributed by atoms with Crippen LogP contribution >= 0.6 is 15.9 Å². The molecule has 6 nitrogen and oxygen atoms in total. The van der Waals surface area contributed by atoms with Gasteiger partial charge in [0, 0.05) is 18.3 Å². The maximum absolute atomic E-state index is 11.5. The van der Waals surface area contributed by atoms with Gasteiger partial charge in [0.05, 0.1) is 17.1 Å². The summed E-state index contributed by atoms with van der Waals surface area (Å²) in [6.07, 6.45) is 1.65. The van der Waals surface area contributed by atoms with Crippen molar-refractivity contribution < 1.29 is 9.53 Å². The summed E-state index contributed by atoms with van der Waals surface area (Å²) >= 11 is 3.64. The van der Waals surface area contributed by atoms with Crippen LogP contribution in [0.3, 0.4) is 0 Å². The number of carbonyl (C=O) groups is 1. The Morgan fingerprint density at radius 3 is 2.60 bits per heavy atom. The molecule has 3 rings (SSSR count). The first kappa shape index (κ1) is 17.5. The summed E-state index contributed by atoms with van der Waals surface area (Å²) in [6.45, 7) is 7.28. The van der Waals surface area contributed by atoms with Crippen LogP contribution in [0.1, 0.15) is 31.3 Å². The first-order chi connectivity index (χ1) is 11.8. The van der Waals surface area contributed by atoms with Gasteiger partial charge in [-0.05, 0) is 39.0 Å². The van der Waals surface area contributed by atoms with E-state index in [1.165, 1.54) is 7.11 Å². The van der Waals surface area contributed by atoms with Crippen molar-refractivity contribution in [2.24, 2.45) is 5.41 Å². The number of rotatable bonds is 3. The van der Waals surface area contributed by atoms with Gasteiger partial charge in [-0.25, -0.2) is 14.5 Å². The fraction of sp³-hybridized carbons (Fsp3) is 0.333. The van der Waals surface area contributed by atoms with Gasteiger partial charge < -0.3 is 4.74 Å². The summed E-state index contributed by atoms with van der Waals surface area (Å²) in [7, 11) is 1.34. The van der Waals surface area contributed by atoms with E-state index in [1.807, 2.05) is 22.9 Å². The van der Waals surface area contributed by atoms with Crippen molar-refractivity contribution in [3.63, 3.8) is 0 Å². The molecule has 0 radical (unpaired) electrons. The predicted molar refractivity (Wildman–Crippen MR) is 99.3 cm³/mol. The van der Waals surface area contributed by atoms with Crippen LogP contribution in [0.4, 0.5) is 0 Å². The molecule has 0 unspecified atom stereocenters. The van der Waals surface area contributed by atoms with Crippen LogP contribution < -0.4 is 0 Å². The van der Waals surface area contributed by atoms with Gasteiger partial charge in [0.15, 0.2) is 0 Å². The quantitative estimate of drug-likeness (QED) is 0.617. The molecule has 0 fully saturated rings. The fourth-order valence-electron chi connectivity index (χ4n) is 2.57. The second kappa shape index (κ2) is 6.55. The minimum absolute atomic E-state index is 0.111. The highest BCUT2D eigenvalue weighted by atomic mass is 79.9. The van der Waals surface area contributed by atoms with Gasteiger partial charge in [0.2, 0.25) is 0 Å². The Labute approximate surface area is 154 Å². The number of aromatic nitrogens is 4. The average molecular weight is 403 g/mol. The van der Waals surface area contributed by atoms with Crippen molar-refractivity contribution in [2.75, 3.05) is 7.11 Å². The number of methoxy groups -OCH3 is 1. The molecule has 2 heterocycles. The normalized spacial score (nSPS) is 11.7. The van der Waals surface area contributed by atoms with Crippen molar-refractivity contribution in [1.29, 1.82) is 0 Å². The second-order valence-electron chi connectivity index (χ2n) is 7.03. The summed E-state index contributed by atoms with van der Waals surface area (Å²) in [5, 5.41) is 8.60. The lowest BCUT2D eigenvalue weighted by Gasteiger charge is -2.18. The molecule has 130 valence electrons. The smallest absolute Gasteiger partial charge is 0.356 e. The van der Waals surface area contributed by atoms with Gasteiger partial charge in [0.1, 0.15) is 11.2 Å². The van der Waals surface area contributed by atoms with E-state index >= 15 is 0 Å². The van der Waals surface area contributed by atoms with E-state index < -0.39 is 5.97 Å². The SMILES string of the molecule is COC(=O)c1ccc(-c2ccc3c(nnn3CC(C)(C)C)c2Br)cn1. The Hall–Kier alpha value is -2.28. The number of ether oxygens (including phenoxy) is 1. The van der Waals surface area contributed by atoms with E-state index in [2.05, 4.69) is 56.7 Å². The van der Waals surface area contributed by atoms with Crippen LogP contribution in [0.15, 0.2) is 34.9 Å². The van der Waals surface area contributed by atoms with Crippen molar-refractivity contribution in [2.45, 2.75) is 27.3 Å². The van der Waals surface area contributed by atoms with E-state index in [0.717, 1.165) is 33.2 Å². The molecule has 0 saturated heterocycles. The molecular weight excluding hydrogens is 384 g/mol. The maximum Gasteiger partial charge on any atom is 0.356 e. The van der Waals surface area contributed by atoms with Crippen LogP contribution in [0, 0.1) is 5.41 Å². The number of esters is 1. The van der Waals surface area contributed by atoms with Crippen LogP contribution in [0.5, 0.6) is 0 Å². The Kier molecular flexibility index (Phi) is 4.60. The number of carbonyl (C=O) groups excluding carboxylic acids is 1. The van der Waals surface area contributed by atoms with Gasteiger partial charge in [-0.1, -0.05) is 38.1 Å². The molecule has 0 aliphatic heterocycles. The second-order valence-corrected chi connectivity index (χ2v) is 7.82. The highest BCUT2D eigenvalue weighted by molar-refractivity contribution is 9.10. The van der Waals surface area contributed by atoms with Crippen molar-refractivity contribution in [3.05, 3.63) is 40.6 Å². The summed E-state index contributed by atoms with van der Waals surface area (Å²) in [6, 6.07) is 7.50. The fourth-order valence-corrected chi connectivity index (χ4v) is 3.22. The van der Waals surface area contributed by atoms with E-state index in [4.69, 9.17) is 0 Å². The van der Waals surface area contributed by atoms with Crippen molar-refractivity contribution >= 4 is 32.9 Å². The maximum atomic E-state index is 11.5. The van der Waals surface area contributed by atoms with Crippen LogP contribution in [0.25, 0.3) is 22.2 Å². The van der Waals surface area contributed by atoms with Crippen LogP contribution in [-0.4, -0.2) is 33.1 Å². The van der Waals surface area contributed by atoms with Gasteiger partial charge in [-0.15, -0.1) is 5.10 Å². The van der Waals surface area contributed by atoms with Crippen molar-refractivity contribution in [1.82, 2.24) is 20.0 Å². The number of hydrogen-bond donors (Lipinski definition) is 0. The third kappa shape index (κ3) is 3.56. The minimum Gasteiger partial charge on any atom is -0.464 e. The molecule has 0 aliphatic rings. The summed E-state index contributed by atoms with van der Waals surface area (Å²) in [5.74, 6) is -0.453. The molecule has 0 atom stereocenters. The molecule has 2 aromatic heterocycles. The summed E-state index contributed by atoms with van der Waals surface area (Å²) in [4.78, 5) is 15.7. The topological polar surface area (TPSA) is 69.9 Å². The molecule has 0 amide bonds. The summed E-state index contributed by atoms with van der Waals surface area (Å²) in [5.41, 5.74) is 3.99. The first-order valence-corrected chi connectivity index (χ1v) is 8.66. The largest absolute Gasteiger partial charge is 0.464 e. The third-order valence-electron chi connectivity index (χ3n) is 3.72. The molecule has 7 heteroatoms. The molecule has 0 bridgehead atoms. The zero-order chi connectivity index (χ0) is 18.2. The summed E-state index contributed by atoms with van der Waals surface area (Å²) < 4.78 is 7.45. The minimum atomic E-state index is -0.453. The van der Waals surface area contributed by atoms with E-state index in [1.54, 1.807) is 12.3 Å². The van der Waals surface area contributed by atoms with Gasteiger partial charge in [-0.3, -0.25) is 0 Å². The highest BCUT2D eigenvalue weighted by Gasteiger charge is 2.18. The Morgan fingerprint density at radius 1 is 1.24 bits per heavy atom. The van der Waals surface area contributed by atoms with E-state index in [-0.39, 0.29) is 11.1 Å². The van der Waals surface area contributed by atoms with Gasteiger partial charge in [-0.2, -0.15) is 0 Å². The van der Waals surface area contributed by atoms with Gasteiger partial charge >= 0.3 is 5.97 Å². The van der Waals surface area contributed by atoms with E-state index in [9.17, 15) is 4.79 Å².